The van der Waals surface area contributed by atoms with Crippen LogP contribution in [-0.2, 0) is 0 Å². The molecule has 2 heterocycles. The van der Waals surface area contributed by atoms with Crippen LogP contribution in [0.3, 0.4) is 0 Å². The Kier molecular flexibility index (Phi) is 2.88. The SMILES string of the molecule is CC1=CC(N)Sc2c1oc1cc([N+](=O)[O-])ccc1c2=O. The number of nitrogens with zero attached hydrogens (tertiary/aromatic N) is 1. The second-order valence-electron chi connectivity index (χ2n) is 4.46. The van der Waals surface area contributed by atoms with Gasteiger partial charge in [0.15, 0.2) is 0 Å². The number of hydrogen-bond acceptors (Lipinski definition) is 6. The number of nitro groups is 1. The van der Waals surface area contributed by atoms with Gasteiger partial charge in [0.25, 0.3) is 5.69 Å². The molecule has 0 aliphatic carbocycles. The average Bonchev–Trinajstić information content (AvgIpc) is 2.40. The lowest BCUT2D eigenvalue weighted by molar-refractivity contribution is -0.384. The van der Waals surface area contributed by atoms with Crippen molar-refractivity contribution in [1.29, 1.82) is 0 Å². The average molecular weight is 290 g/mol. The summed E-state index contributed by atoms with van der Waals surface area (Å²) in [5.74, 6) is 0.440. The van der Waals surface area contributed by atoms with Crippen molar-refractivity contribution in [3.8, 4) is 0 Å². The smallest absolute Gasteiger partial charge is 0.273 e. The maximum atomic E-state index is 12.4. The van der Waals surface area contributed by atoms with Crippen LogP contribution >= 0.6 is 11.8 Å². The van der Waals surface area contributed by atoms with Gasteiger partial charge >= 0.3 is 0 Å². The van der Waals surface area contributed by atoms with Crippen LogP contribution in [0.15, 0.2) is 38.4 Å². The predicted octanol–water partition coefficient (Wildman–Crippen LogP) is 2.50. The van der Waals surface area contributed by atoms with E-state index in [1.807, 2.05) is 0 Å². The Balaban J connectivity index is 2.35. The van der Waals surface area contributed by atoms with Crippen LogP contribution in [0.2, 0.25) is 0 Å². The van der Waals surface area contributed by atoms with E-state index in [4.69, 9.17) is 10.2 Å². The van der Waals surface area contributed by atoms with Crippen LogP contribution in [0.4, 0.5) is 5.69 Å². The number of hydrogen-bond donors (Lipinski definition) is 1. The lowest BCUT2D eigenvalue weighted by Gasteiger charge is -2.17. The van der Waals surface area contributed by atoms with E-state index in [0.29, 0.717) is 16.0 Å². The van der Waals surface area contributed by atoms with Gasteiger partial charge in [0, 0.05) is 6.07 Å². The van der Waals surface area contributed by atoms with Crippen LogP contribution in [-0.4, -0.2) is 10.3 Å². The fraction of sp³-hybridized carbons (Fsp3) is 0.154. The number of benzene rings is 1. The maximum Gasteiger partial charge on any atom is 0.273 e. The van der Waals surface area contributed by atoms with Crippen molar-refractivity contribution in [2.75, 3.05) is 0 Å². The van der Waals surface area contributed by atoms with Crippen LogP contribution in [0.25, 0.3) is 16.5 Å². The van der Waals surface area contributed by atoms with Crippen molar-refractivity contribution in [1.82, 2.24) is 0 Å². The monoisotopic (exact) mass is 290 g/mol. The molecule has 3 rings (SSSR count). The van der Waals surface area contributed by atoms with E-state index in [-0.39, 0.29) is 22.1 Å². The molecule has 6 nitrogen and oxygen atoms in total. The fourth-order valence-corrected chi connectivity index (χ4v) is 3.21. The first kappa shape index (κ1) is 12.9. The van der Waals surface area contributed by atoms with Crippen LogP contribution in [0.5, 0.6) is 0 Å². The summed E-state index contributed by atoms with van der Waals surface area (Å²) >= 11 is 1.23. The molecule has 1 aromatic heterocycles. The van der Waals surface area contributed by atoms with Gasteiger partial charge in [-0.15, -0.1) is 0 Å². The van der Waals surface area contributed by atoms with E-state index < -0.39 is 4.92 Å². The highest BCUT2D eigenvalue weighted by Gasteiger charge is 2.23. The molecule has 0 saturated heterocycles. The summed E-state index contributed by atoms with van der Waals surface area (Å²) in [6.07, 6.45) is 1.79. The van der Waals surface area contributed by atoms with Crippen molar-refractivity contribution in [2.45, 2.75) is 17.2 Å². The lowest BCUT2D eigenvalue weighted by atomic mass is 10.1. The van der Waals surface area contributed by atoms with Gasteiger partial charge in [-0.05, 0) is 18.6 Å². The molecule has 2 N–H and O–H groups in total. The second kappa shape index (κ2) is 4.46. The van der Waals surface area contributed by atoms with Crippen molar-refractivity contribution in [2.24, 2.45) is 5.73 Å². The predicted molar refractivity (Wildman–Crippen MR) is 76.6 cm³/mol. The van der Waals surface area contributed by atoms with Gasteiger partial charge in [0.1, 0.15) is 16.2 Å². The molecular formula is C13H10N2O4S. The summed E-state index contributed by atoms with van der Waals surface area (Å²) in [6.45, 7) is 1.80. The third kappa shape index (κ3) is 1.91. The molecule has 102 valence electrons. The standard InChI is InChI=1S/C13H10N2O4S/c1-6-4-10(14)20-13-11(16)8-3-2-7(15(17)18)5-9(8)19-12(6)13/h2-5,10H,14H2,1H3. The number of nitrogens with two attached hydrogens (primary N) is 1. The largest absolute Gasteiger partial charge is 0.455 e. The minimum Gasteiger partial charge on any atom is -0.455 e. The molecule has 1 aliphatic rings. The van der Waals surface area contributed by atoms with Crippen molar-refractivity contribution >= 4 is 34.0 Å². The zero-order valence-electron chi connectivity index (χ0n) is 10.5. The molecule has 7 heteroatoms. The molecule has 0 saturated carbocycles. The first-order valence-electron chi connectivity index (χ1n) is 5.83. The summed E-state index contributed by atoms with van der Waals surface area (Å²) in [4.78, 5) is 23.1. The molecule has 2 aromatic rings. The van der Waals surface area contributed by atoms with E-state index in [9.17, 15) is 14.9 Å². The molecule has 0 spiro atoms. The number of allylic oxidation sites excluding steroid dienone is 1. The summed E-state index contributed by atoms with van der Waals surface area (Å²) in [6, 6.07) is 3.98. The molecular weight excluding hydrogens is 280 g/mol. The van der Waals surface area contributed by atoms with Gasteiger partial charge in [-0.1, -0.05) is 17.8 Å². The number of fused-ring (bicyclic) bond motifs is 2. The highest BCUT2D eigenvalue weighted by molar-refractivity contribution is 8.00. The number of nitro benzene ring substituents is 1. The molecule has 1 atom stereocenters. The van der Waals surface area contributed by atoms with Crippen molar-refractivity contribution in [3.63, 3.8) is 0 Å². The topological polar surface area (TPSA) is 99.4 Å². The molecule has 1 aromatic carbocycles. The summed E-state index contributed by atoms with van der Waals surface area (Å²) < 4.78 is 5.67. The number of non-ortho nitro benzene ring substituents is 1. The first-order chi connectivity index (χ1) is 9.47. The minimum absolute atomic E-state index is 0.109. The van der Waals surface area contributed by atoms with Crippen LogP contribution < -0.4 is 11.2 Å². The molecule has 1 unspecified atom stereocenters. The van der Waals surface area contributed by atoms with E-state index in [1.165, 1.54) is 30.0 Å². The Morgan fingerprint density at radius 1 is 1.45 bits per heavy atom. The highest BCUT2D eigenvalue weighted by Crippen LogP contribution is 2.35. The second-order valence-corrected chi connectivity index (χ2v) is 5.65. The third-order valence-corrected chi connectivity index (χ3v) is 4.09. The van der Waals surface area contributed by atoms with E-state index in [0.717, 1.165) is 5.57 Å². The van der Waals surface area contributed by atoms with Gasteiger partial charge in [0.05, 0.1) is 21.7 Å². The Morgan fingerprint density at radius 3 is 2.90 bits per heavy atom. The van der Waals surface area contributed by atoms with Crippen LogP contribution in [0, 0.1) is 10.1 Å². The van der Waals surface area contributed by atoms with Gasteiger partial charge in [0.2, 0.25) is 5.43 Å². The summed E-state index contributed by atoms with van der Waals surface area (Å²) in [7, 11) is 0. The zero-order valence-corrected chi connectivity index (χ0v) is 11.3. The molecule has 0 bridgehead atoms. The van der Waals surface area contributed by atoms with Gasteiger partial charge in [-0.3, -0.25) is 14.9 Å². The Hall–Kier alpha value is -2.12. The van der Waals surface area contributed by atoms with E-state index >= 15 is 0 Å². The Bertz CT molecular complexity index is 825. The third-order valence-electron chi connectivity index (χ3n) is 3.07. The Morgan fingerprint density at radius 2 is 2.20 bits per heavy atom. The molecule has 0 fully saturated rings. The Labute approximate surface area is 117 Å². The summed E-state index contributed by atoms with van der Waals surface area (Å²) in [5.41, 5.74) is 6.50. The molecule has 1 aliphatic heterocycles. The first-order valence-corrected chi connectivity index (χ1v) is 6.71. The normalized spacial score (nSPS) is 17.7. The van der Waals surface area contributed by atoms with Crippen molar-refractivity contribution in [3.05, 3.63) is 50.4 Å². The van der Waals surface area contributed by atoms with Crippen molar-refractivity contribution < 1.29 is 9.34 Å². The minimum atomic E-state index is -0.522. The zero-order chi connectivity index (χ0) is 14.4. The number of thioether (sulfide) groups is 1. The lowest BCUT2D eigenvalue weighted by Crippen LogP contribution is -2.20. The van der Waals surface area contributed by atoms with E-state index in [1.54, 1.807) is 13.0 Å². The summed E-state index contributed by atoms with van der Waals surface area (Å²) in [5, 5.41) is 10.8. The molecule has 0 radical (unpaired) electrons. The quantitative estimate of drug-likeness (QED) is 0.639. The maximum absolute atomic E-state index is 12.4. The highest BCUT2D eigenvalue weighted by atomic mass is 32.2. The molecule has 20 heavy (non-hydrogen) atoms. The van der Waals surface area contributed by atoms with Crippen LogP contribution in [0.1, 0.15) is 12.7 Å². The van der Waals surface area contributed by atoms with Gasteiger partial charge in [-0.25, -0.2) is 0 Å². The van der Waals surface area contributed by atoms with Gasteiger partial charge in [-0.2, -0.15) is 0 Å². The number of rotatable bonds is 1. The van der Waals surface area contributed by atoms with E-state index in [2.05, 4.69) is 0 Å². The molecule has 0 amide bonds. The van der Waals surface area contributed by atoms with Gasteiger partial charge < -0.3 is 10.2 Å². The fourth-order valence-electron chi connectivity index (χ4n) is 2.14.